The molecule has 0 aliphatic rings. The first-order valence-electron chi connectivity index (χ1n) is 8.49. The van der Waals surface area contributed by atoms with Crippen LogP contribution in [-0.4, -0.2) is 22.4 Å². The smallest absolute Gasteiger partial charge is 0.337 e. The minimum atomic E-state index is -5.03. The standard InChI is InChI=1S/C20H16F4N2O2/c1-2-12-6-5-7-13-14(19(28)20(22,23)24)10-26(18(12)13)11-17(27)25-16-9-4-3-8-15(16)21/h3-10H,2,11H2,1H3,(H,25,27). The van der Waals surface area contributed by atoms with Crippen LogP contribution in [0.3, 0.4) is 0 Å². The molecule has 0 fully saturated rings. The van der Waals surface area contributed by atoms with Crippen molar-refractivity contribution in [3.63, 3.8) is 0 Å². The average molecular weight is 392 g/mol. The summed E-state index contributed by atoms with van der Waals surface area (Å²) in [6, 6.07) is 10.3. The van der Waals surface area contributed by atoms with Crippen LogP contribution >= 0.6 is 0 Å². The Hall–Kier alpha value is -3.16. The molecule has 0 spiro atoms. The number of anilines is 1. The Morgan fingerprint density at radius 1 is 1.07 bits per heavy atom. The molecule has 0 aliphatic carbocycles. The lowest BCUT2D eigenvalue weighted by molar-refractivity contribution is -0.116. The van der Waals surface area contributed by atoms with Gasteiger partial charge in [-0.05, 0) is 24.1 Å². The second-order valence-corrected chi connectivity index (χ2v) is 6.19. The number of aromatic nitrogens is 1. The predicted molar refractivity (Wildman–Crippen MR) is 96.7 cm³/mol. The highest BCUT2D eigenvalue weighted by Gasteiger charge is 2.41. The second kappa shape index (κ2) is 7.46. The van der Waals surface area contributed by atoms with Crippen molar-refractivity contribution >= 4 is 28.3 Å². The van der Waals surface area contributed by atoms with Crippen LogP contribution in [0.2, 0.25) is 0 Å². The Morgan fingerprint density at radius 3 is 2.43 bits per heavy atom. The summed E-state index contributed by atoms with van der Waals surface area (Å²) >= 11 is 0. The van der Waals surface area contributed by atoms with Crippen LogP contribution in [0.4, 0.5) is 23.2 Å². The zero-order valence-electron chi connectivity index (χ0n) is 14.8. The molecule has 0 unspecified atom stereocenters. The summed E-state index contributed by atoms with van der Waals surface area (Å²) in [4.78, 5) is 24.2. The highest BCUT2D eigenvalue weighted by atomic mass is 19.4. The molecule has 1 heterocycles. The molecular formula is C20H16F4N2O2. The lowest BCUT2D eigenvalue weighted by Gasteiger charge is -2.10. The molecule has 0 aliphatic heterocycles. The molecule has 2 aromatic carbocycles. The predicted octanol–water partition coefficient (Wildman–Crippen LogP) is 4.73. The Bertz CT molecular complexity index is 1050. The van der Waals surface area contributed by atoms with Gasteiger partial charge in [-0.25, -0.2) is 4.39 Å². The first-order valence-corrected chi connectivity index (χ1v) is 8.49. The number of hydrogen-bond acceptors (Lipinski definition) is 2. The van der Waals surface area contributed by atoms with Crippen LogP contribution in [-0.2, 0) is 17.8 Å². The van der Waals surface area contributed by atoms with Gasteiger partial charge in [-0.2, -0.15) is 13.2 Å². The minimum Gasteiger partial charge on any atom is -0.337 e. The van der Waals surface area contributed by atoms with E-state index in [0.29, 0.717) is 17.5 Å². The molecule has 1 N–H and O–H groups in total. The van der Waals surface area contributed by atoms with Crippen LogP contribution in [0.15, 0.2) is 48.7 Å². The van der Waals surface area contributed by atoms with Crippen molar-refractivity contribution in [3.05, 3.63) is 65.6 Å². The number of Topliss-reactive ketones (excluding diaryl/α,β-unsaturated/α-hetero) is 1. The van der Waals surface area contributed by atoms with Crippen molar-refractivity contribution in [1.82, 2.24) is 4.57 Å². The van der Waals surface area contributed by atoms with Crippen molar-refractivity contribution in [2.75, 3.05) is 5.32 Å². The molecule has 0 atom stereocenters. The van der Waals surface area contributed by atoms with Crippen molar-refractivity contribution in [1.29, 1.82) is 0 Å². The Labute approximate surface area is 157 Å². The number of fused-ring (bicyclic) bond motifs is 1. The molecule has 28 heavy (non-hydrogen) atoms. The van der Waals surface area contributed by atoms with E-state index in [1.54, 1.807) is 18.2 Å². The highest BCUT2D eigenvalue weighted by Crippen LogP contribution is 2.30. The fourth-order valence-electron chi connectivity index (χ4n) is 3.09. The molecule has 0 radical (unpaired) electrons. The van der Waals surface area contributed by atoms with E-state index in [-0.39, 0.29) is 17.6 Å². The number of amides is 1. The number of alkyl halides is 3. The van der Waals surface area contributed by atoms with Gasteiger partial charge in [-0.1, -0.05) is 37.3 Å². The first kappa shape index (κ1) is 19.6. The monoisotopic (exact) mass is 392 g/mol. The van der Waals surface area contributed by atoms with Crippen molar-refractivity contribution in [2.24, 2.45) is 0 Å². The maximum Gasteiger partial charge on any atom is 0.454 e. The van der Waals surface area contributed by atoms with E-state index in [9.17, 15) is 27.2 Å². The zero-order valence-corrected chi connectivity index (χ0v) is 14.8. The lowest BCUT2D eigenvalue weighted by Crippen LogP contribution is -2.22. The van der Waals surface area contributed by atoms with Gasteiger partial charge in [-0.15, -0.1) is 0 Å². The number of para-hydroxylation sites is 2. The Kier molecular flexibility index (Phi) is 5.22. The third-order valence-electron chi connectivity index (χ3n) is 4.33. The van der Waals surface area contributed by atoms with E-state index in [4.69, 9.17) is 0 Å². The molecule has 0 saturated carbocycles. The third kappa shape index (κ3) is 3.76. The van der Waals surface area contributed by atoms with E-state index in [0.717, 1.165) is 6.20 Å². The van der Waals surface area contributed by atoms with E-state index >= 15 is 0 Å². The lowest BCUT2D eigenvalue weighted by atomic mass is 10.0. The molecule has 0 bridgehead atoms. The van der Waals surface area contributed by atoms with Gasteiger partial charge in [0.05, 0.1) is 16.8 Å². The molecule has 3 rings (SSSR count). The number of aryl methyl sites for hydroxylation is 1. The number of halogens is 4. The fourth-order valence-corrected chi connectivity index (χ4v) is 3.09. The fraction of sp³-hybridized carbons (Fsp3) is 0.200. The van der Waals surface area contributed by atoms with Gasteiger partial charge >= 0.3 is 6.18 Å². The van der Waals surface area contributed by atoms with E-state index in [1.165, 1.54) is 28.8 Å². The van der Waals surface area contributed by atoms with Gasteiger partial charge < -0.3 is 9.88 Å². The molecule has 0 saturated heterocycles. The van der Waals surface area contributed by atoms with Gasteiger partial charge in [0.25, 0.3) is 5.78 Å². The van der Waals surface area contributed by atoms with E-state index in [2.05, 4.69) is 5.32 Å². The molecule has 1 amide bonds. The Morgan fingerprint density at radius 2 is 1.79 bits per heavy atom. The summed E-state index contributed by atoms with van der Waals surface area (Å²) in [6.07, 6.45) is -3.51. The second-order valence-electron chi connectivity index (χ2n) is 6.19. The quantitative estimate of drug-likeness (QED) is 0.504. The van der Waals surface area contributed by atoms with Crippen LogP contribution in [0.1, 0.15) is 22.8 Å². The molecule has 4 nitrogen and oxygen atoms in total. The van der Waals surface area contributed by atoms with E-state index < -0.39 is 29.2 Å². The number of carbonyl (C=O) groups is 2. The van der Waals surface area contributed by atoms with Gasteiger partial charge in [0.15, 0.2) is 0 Å². The summed E-state index contributed by atoms with van der Waals surface area (Å²) in [7, 11) is 0. The minimum absolute atomic E-state index is 0.0359. The first-order chi connectivity index (χ1) is 13.2. The average Bonchev–Trinajstić information content (AvgIpc) is 3.00. The highest BCUT2D eigenvalue weighted by molar-refractivity contribution is 6.11. The van der Waals surface area contributed by atoms with Gasteiger partial charge in [-0.3, -0.25) is 9.59 Å². The summed E-state index contributed by atoms with van der Waals surface area (Å²) in [6.45, 7) is 1.45. The van der Waals surface area contributed by atoms with Crippen LogP contribution in [0, 0.1) is 5.82 Å². The number of nitrogens with one attached hydrogen (secondary N) is 1. The van der Waals surface area contributed by atoms with Gasteiger partial charge in [0.1, 0.15) is 12.4 Å². The topological polar surface area (TPSA) is 51.1 Å². The summed E-state index contributed by atoms with van der Waals surface area (Å²) < 4.78 is 53.9. The molecule has 8 heteroatoms. The van der Waals surface area contributed by atoms with Crippen LogP contribution < -0.4 is 5.32 Å². The van der Waals surface area contributed by atoms with Crippen LogP contribution in [0.25, 0.3) is 10.9 Å². The Balaban J connectivity index is 2.02. The summed E-state index contributed by atoms with van der Waals surface area (Å²) in [5.41, 5.74) is 0.515. The van der Waals surface area contributed by atoms with E-state index in [1.807, 2.05) is 6.92 Å². The number of benzene rings is 2. The van der Waals surface area contributed by atoms with Crippen molar-refractivity contribution in [2.45, 2.75) is 26.1 Å². The number of rotatable bonds is 5. The van der Waals surface area contributed by atoms with Gasteiger partial charge in [0.2, 0.25) is 5.91 Å². The van der Waals surface area contributed by atoms with Crippen molar-refractivity contribution < 1.29 is 27.2 Å². The molecule has 3 aromatic rings. The van der Waals surface area contributed by atoms with Crippen LogP contribution in [0.5, 0.6) is 0 Å². The molecule has 146 valence electrons. The maximum absolute atomic E-state index is 13.7. The number of nitrogens with zero attached hydrogens (tertiary/aromatic N) is 1. The summed E-state index contributed by atoms with van der Waals surface area (Å²) in [5.74, 6) is -3.23. The van der Waals surface area contributed by atoms with Crippen molar-refractivity contribution in [3.8, 4) is 0 Å². The van der Waals surface area contributed by atoms with Gasteiger partial charge in [0, 0.05) is 11.6 Å². The number of hydrogen-bond donors (Lipinski definition) is 1. The number of ketones is 1. The molecule has 1 aromatic heterocycles. The third-order valence-corrected chi connectivity index (χ3v) is 4.33. The normalized spacial score (nSPS) is 11.6. The molecular weight excluding hydrogens is 376 g/mol. The largest absolute Gasteiger partial charge is 0.454 e. The maximum atomic E-state index is 13.7. The summed E-state index contributed by atoms with van der Waals surface area (Å²) in [5, 5.41) is 2.51. The zero-order chi connectivity index (χ0) is 20.5. The SMILES string of the molecule is CCc1cccc2c(C(=O)C(F)(F)F)cn(CC(=O)Nc3ccccc3F)c12. The number of carbonyl (C=O) groups excluding carboxylic acids is 2.